The van der Waals surface area contributed by atoms with Gasteiger partial charge in [-0.15, -0.1) is 0 Å². The molecule has 2 N–H and O–H groups in total. The molecule has 9 nitrogen and oxygen atoms in total. The van der Waals surface area contributed by atoms with E-state index < -0.39 is 24.9 Å². The van der Waals surface area contributed by atoms with E-state index in [0.717, 1.165) is 0 Å². The predicted molar refractivity (Wildman–Crippen MR) is 102 cm³/mol. The highest BCUT2D eigenvalue weighted by atomic mass is 19.4. The Balaban J connectivity index is 1.57. The second-order valence-corrected chi connectivity index (χ2v) is 7.19. The number of rotatable bonds is 8. The number of carbonyl (C=O) groups excluding carboxylic acids is 2. The van der Waals surface area contributed by atoms with E-state index in [1.807, 2.05) is 13.8 Å². The predicted octanol–water partition coefficient (Wildman–Crippen LogP) is 2.73. The van der Waals surface area contributed by atoms with Crippen LogP contribution in [0.2, 0.25) is 0 Å². The minimum absolute atomic E-state index is 0.00928. The zero-order valence-corrected chi connectivity index (χ0v) is 16.9. The highest BCUT2D eigenvalue weighted by molar-refractivity contribution is 5.93. The van der Waals surface area contributed by atoms with Gasteiger partial charge in [-0.1, -0.05) is 13.8 Å². The van der Waals surface area contributed by atoms with Gasteiger partial charge in [-0.3, -0.25) is 9.59 Å². The molecule has 3 rings (SSSR count). The number of amides is 2. The first-order valence-corrected chi connectivity index (χ1v) is 9.50. The van der Waals surface area contributed by atoms with E-state index in [1.165, 1.54) is 17.1 Å². The van der Waals surface area contributed by atoms with Gasteiger partial charge in [0.15, 0.2) is 17.7 Å². The zero-order valence-electron chi connectivity index (χ0n) is 16.9. The molecule has 0 aromatic carbocycles. The first-order valence-electron chi connectivity index (χ1n) is 9.50. The van der Waals surface area contributed by atoms with Crippen LogP contribution in [0.25, 0.3) is 5.65 Å². The number of fused-ring (bicyclic) bond motifs is 1. The first-order chi connectivity index (χ1) is 14.6. The van der Waals surface area contributed by atoms with Crippen molar-refractivity contribution in [2.45, 2.75) is 51.9 Å². The lowest BCUT2D eigenvalue weighted by Crippen LogP contribution is -2.24. The molecule has 0 bridgehead atoms. The Kier molecular flexibility index (Phi) is 6.56. The summed E-state index contributed by atoms with van der Waals surface area (Å²) in [6, 6.07) is 1.65. The van der Waals surface area contributed by atoms with E-state index in [0.29, 0.717) is 22.7 Å². The van der Waals surface area contributed by atoms with Crippen LogP contribution in [-0.4, -0.2) is 37.6 Å². The third-order valence-corrected chi connectivity index (χ3v) is 4.32. The van der Waals surface area contributed by atoms with Crippen molar-refractivity contribution < 1.29 is 27.2 Å². The molecule has 0 fully saturated rings. The molecule has 2 amide bonds. The number of imidazole rings is 1. The van der Waals surface area contributed by atoms with Crippen molar-refractivity contribution in [3.63, 3.8) is 0 Å². The van der Waals surface area contributed by atoms with E-state index >= 15 is 0 Å². The maximum absolute atomic E-state index is 12.3. The fraction of sp³-hybridized carbons (Fsp3) is 0.421. The van der Waals surface area contributed by atoms with Crippen LogP contribution in [0.5, 0.6) is 0 Å². The number of alkyl halides is 3. The molecule has 0 aliphatic rings. The van der Waals surface area contributed by atoms with Crippen LogP contribution in [0.3, 0.4) is 0 Å². The summed E-state index contributed by atoms with van der Waals surface area (Å²) in [6.07, 6.45) is -1.83. The highest BCUT2D eigenvalue weighted by Gasteiger charge is 2.27. The number of carbonyl (C=O) groups is 2. The van der Waals surface area contributed by atoms with Gasteiger partial charge >= 0.3 is 6.18 Å². The molecular formula is C19H21F3N6O3. The van der Waals surface area contributed by atoms with Crippen molar-refractivity contribution in [2.24, 2.45) is 0 Å². The molecular weight excluding hydrogens is 417 g/mol. The summed E-state index contributed by atoms with van der Waals surface area (Å²) in [7, 11) is 0. The molecule has 0 aliphatic heterocycles. The minimum atomic E-state index is -4.37. The fourth-order valence-electron chi connectivity index (χ4n) is 2.78. The molecule has 3 aromatic rings. The zero-order chi connectivity index (χ0) is 22.6. The van der Waals surface area contributed by atoms with Gasteiger partial charge in [0, 0.05) is 18.9 Å². The second-order valence-electron chi connectivity index (χ2n) is 7.19. The van der Waals surface area contributed by atoms with Crippen molar-refractivity contribution in [1.82, 2.24) is 30.2 Å². The Hall–Kier alpha value is -3.44. The molecule has 0 saturated heterocycles. The van der Waals surface area contributed by atoms with Crippen molar-refractivity contribution in [3.05, 3.63) is 47.6 Å². The van der Waals surface area contributed by atoms with Gasteiger partial charge in [0.2, 0.25) is 5.91 Å². The van der Waals surface area contributed by atoms with E-state index in [-0.39, 0.29) is 30.6 Å². The van der Waals surface area contributed by atoms with E-state index in [9.17, 15) is 22.8 Å². The highest BCUT2D eigenvalue weighted by Crippen LogP contribution is 2.21. The van der Waals surface area contributed by atoms with Crippen LogP contribution in [0, 0.1) is 0 Å². The lowest BCUT2D eigenvalue weighted by atomic mass is 10.1. The summed E-state index contributed by atoms with van der Waals surface area (Å²) in [5.74, 6) is -0.576. The number of aromatic nitrogens is 4. The monoisotopic (exact) mass is 438 g/mol. The van der Waals surface area contributed by atoms with Crippen LogP contribution in [0.4, 0.5) is 13.2 Å². The normalized spacial score (nSPS) is 11.8. The molecule has 3 heterocycles. The van der Waals surface area contributed by atoms with E-state index in [1.54, 1.807) is 12.3 Å². The van der Waals surface area contributed by atoms with Crippen LogP contribution >= 0.6 is 0 Å². The van der Waals surface area contributed by atoms with Gasteiger partial charge < -0.3 is 15.1 Å². The third kappa shape index (κ3) is 6.03. The maximum atomic E-state index is 12.3. The van der Waals surface area contributed by atoms with E-state index in [2.05, 4.69) is 25.7 Å². The largest absolute Gasteiger partial charge is 0.447 e. The lowest BCUT2D eigenvalue weighted by Gasteiger charge is -2.07. The second kappa shape index (κ2) is 9.14. The summed E-state index contributed by atoms with van der Waals surface area (Å²) in [5.41, 5.74) is 1.82. The average molecular weight is 438 g/mol. The Bertz CT molecular complexity index is 1070. The van der Waals surface area contributed by atoms with Gasteiger partial charge in [0.25, 0.3) is 5.91 Å². The fourth-order valence-corrected chi connectivity index (χ4v) is 2.78. The van der Waals surface area contributed by atoms with Gasteiger partial charge in [-0.05, 0) is 11.6 Å². The smallest absolute Gasteiger partial charge is 0.389 e. The molecule has 31 heavy (non-hydrogen) atoms. The third-order valence-electron chi connectivity index (χ3n) is 4.32. The first kappa shape index (κ1) is 22.2. The van der Waals surface area contributed by atoms with Crippen molar-refractivity contribution in [1.29, 1.82) is 0 Å². The van der Waals surface area contributed by atoms with Crippen LogP contribution in [0.1, 0.15) is 60.1 Å². The number of hydrogen-bond acceptors (Lipinski definition) is 6. The topological polar surface area (TPSA) is 114 Å². The molecule has 0 spiro atoms. The minimum Gasteiger partial charge on any atom is -0.447 e. The lowest BCUT2D eigenvalue weighted by molar-refractivity contribution is -0.144. The van der Waals surface area contributed by atoms with Gasteiger partial charge in [0.1, 0.15) is 5.76 Å². The van der Waals surface area contributed by atoms with Crippen molar-refractivity contribution >= 4 is 17.5 Å². The standard InChI is InChI=1S/C19H21F3N6O3/c1-11(2)17-16(25-10-31-17)18(30)24-8-13-9-28-14(27-13)5-12(7-26-28)6-23-15(29)3-4-19(20,21)22/h5,7,9-11H,3-4,6,8H2,1-2H3,(H,23,29)(H,24,30). The molecule has 0 aliphatic carbocycles. The summed E-state index contributed by atoms with van der Waals surface area (Å²) < 4.78 is 43.2. The summed E-state index contributed by atoms with van der Waals surface area (Å²) in [5, 5.41) is 9.31. The number of hydrogen-bond donors (Lipinski definition) is 2. The molecule has 0 radical (unpaired) electrons. The molecule has 12 heteroatoms. The Morgan fingerprint density at radius 2 is 2.00 bits per heavy atom. The Morgan fingerprint density at radius 1 is 1.23 bits per heavy atom. The quantitative estimate of drug-likeness (QED) is 0.559. The van der Waals surface area contributed by atoms with Gasteiger partial charge in [-0.2, -0.15) is 18.3 Å². The number of oxazole rings is 1. The molecule has 3 aromatic heterocycles. The van der Waals surface area contributed by atoms with E-state index in [4.69, 9.17) is 4.42 Å². The van der Waals surface area contributed by atoms with Gasteiger partial charge in [-0.25, -0.2) is 14.5 Å². The van der Waals surface area contributed by atoms with Crippen LogP contribution in [0.15, 0.2) is 29.3 Å². The van der Waals surface area contributed by atoms with Crippen LogP contribution in [-0.2, 0) is 17.9 Å². The Labute approximate surface area is 175 Å². The van der Waals surface area contributed by atoms with Crippen molar-refractivity contribution in [2.75, 3.05) is 0 Å². The van der Waals surface area contributed by atoms with Crippen molar-refractivity contribution in [3.8, 4) is 0 Å². The summed E-state index contributed by atoms with van der Waals surface area (Å²) >= 11 is 0. The SMILES string of the molecule is CC(C)c1ocnc1C(=O)NCc1cn2ncc(CNC(=O)CCC(F)(F)F)cc2n1. The average Bonchev–Trinajstić information content (AvgIpc) is 3.34. The summed E-state index contributed by atoms with van der Waals surface area (Å²) in [6.45, 7) is 3.95. The number of halogens is 3. The molecule has 0 unspecified atom stereocenters. The molecule has 0 saturated carbocycles. The number of nitrogens with zero attached hydrogens (tertiary/aromatic N) is 4. The van der Waals surface area contributed by atoms with Crippen LogP contribution < -0.4 is 10.6 Å². The molecule has 0 atom stereocenters. The summed E-state index contributed by atoms with van der Waals surface area (Å²) in [4.78, 5) is 32.2. The maximum Gasteiger partial charge on any atom is 0.389 e. The van der Waals surface area contributed by atoms with Gasteiger partial charge in [0.05, 0.1) is 31.1 Å². The molecule has 166 valence electrons. The Morgan fingerprint density at radius 3 is 2.71 bits per heavy atom. The number of nitrogens with one attached hydrogen (secondary N) is 2.